The Morgan fingerprint density at radius 1 is 1.23 bits per heavy atom. The number of nitrogens with zero attached hydrogens (tertiary/aromatic N) is 2. The summed E-state index contributed by atoms with van der Waals surface area (Å²) < 4.78 is 6.78. The lowest BCUT2D eigenvalue weighted by Gasteiger charge is -2.19. The highest BCUT2D eigenvalue weighted by molar-refractivity contribution is 6.31. The molecule has 0 radical (unpaired) electrons. The van der Waals surface area contributed by atoms with Crippen LogP contribution in [0.15, 0.2) is 53.3 Å². The predicted molar refractivity (Wildman–Crippen MR) is 118 cm³/mol. The fourth-order valence-electron chi connectivity index (χ4n) is 3.31. The average molecular weight is 437 g/mol. The van der Waals surface area contributed by atoms with Crippen LogP contribution in [-0.2, 0) is 6.54 Å². The Bertz CT molecular complexity index is 1240. The molecule has 1 N–H and O–H groups in total. The van der Waals surface area contributed by atoms with E-state index in [1.807, 2.05) is 19.1 Å². The van der Waals surface area contributed by atoms with Crippen LogP contribution in [0.3, 0.4) is 0 Å². The minimum absolute atomic E-state index is 0.0202. The molecule has 1 atom stereocenters. The van der Waals surface area contributed by atoms with Crippen molar-refractivity contribution in [2.45, 2.75) is 33.4 Å². The number of carbonyl (C=O) groups excluding carboxylic acids is 1. The highest BCUT2D eigenvalue weighted by atomic mass is 35.5. The molecule has 0 saturated carbocycles. The van der Waals surface area contributed by atoms with Crippen molar-refractivity contribution in [2.24, 2.45) is 0 Å². The van der Waals surface area contributed by atoms with Gasteiger partial charge in [0.2, 0.25) is 11.7 Å². The molecule has 0 aliphatic heterocycles. The summed E-state index contributed by atoms with van der Waals surface area (Å²) in [5.74, 6) is -0.586. The highest BCUT2D eigenvalue weighted by Crippen LogP contribution is 2.27. The maximum absolute atomic E-state index is 13.2. The number of Topliss-reactive ketones (excluding diaryl/α,β-unsaturated/α-hetero) is 1. The Kier molecular flexibility index (Phi) is 6.47. The molecule has 0 amide bonds. The van der Waals surface area contributed by atoms with Crippen LogP contribution in [-0.4, -0.2) is 21.6 Å². The Morgan fingerprint density at radius 2 is 1.90 bits per heavy atom. The van der Waals surface area contributed by atoms with Gasteiger partial charge in [-0.1, -0.05) is 41.9 Å². The first-order valence-electron chi connectivity index (χ1n) is 9.62. The lowest BCUT2D eigenvalue weighted by Crippen LogP contribution is -2.31. The summed E-state index contributed by atoms with van der Waals surface area (Å²) in [6.07, 6.45) is -0.973. The van der Waals surface area contributed by atoms with Gasteiger partial charge in [0.05, 0.1) is 12.1 Å². The third-order valence-electron chi connectivity index (χ3n) is 5.04. The van der Waals surface area contributed by atoms with Crippen molar-refractivity contribution in [2.75, 3.05) is 0 Å². The van der Waals surface area contributed by atoms with Gasteiger partial charge < -0.3 is 9.84 Å². The zero-order valence-electron chi connectivity index (χ0n) is 17.3. The molecule has 158 valence electrons. The molecular formula is C24H21ClN2O4. The molecule has 0 spiro atoms. The molecule has 2 aromatic carbocycles. The van der Waals surface area contributed by atoms with E-state index in [4.69, 9.17) is 16.3 Å². The number of rotatable bonds is 6. The fourth-order valence-corrected chi connectivity index (χ4v) is 3.43. The number of aryl methyl sites for hydroxylation is 1. The van der Waals surface area contributed by atoms with Crippen LogP contribution in [0.2, 0.25) is 5.02 Å². The van der Waals surface area contributed by atoms with Gasteiger partial charge in [0, 0.05) is 5.02 Å². The van der Waals surface area contributed by atoms with Crippen LogP contribution < -0.4 is 10.3 Å². The maximum Gasteiger partial charge on any atom is 0.271 e. The zero-order chi connectivity index (χ0) is 22.7. The van der Waals surface area contributed by atoms with E-state index in [2.05, 4.69) is 0 Å². The summed E-state index contributed by atoms with van der Waals surface area (Å²) in [5.41, 5.74) is 0.715. The summed E-state index contributed by atoms with van der Waals surface area (Å²) in [7, 11) is 0. The Labute approximate surface area is 184 Å². The molecule has 1 aromatic heterocycles. The highest BCUT2D eigenvalue weighted by Gasteiger charge is 2.28. The number of ketones is 1. The van der Waals surface area contributed by atoms with E-state index in [0.717, 1.165) is 15.7 Å². The topological polar surface area (TPSA) is 92.3 Å². The number of nitriles is 1. The van der Waals surface area contributed by atoms with Gasteiger partial charge in [-0.05, 0) is 55.7 Å². The second-order valence-corrected chi connectivity index (χ2v) is 7.63. The van der Waals surface area contributed by atoms with Crippen molar-refractivity contribution in [3.8, 4) is 17.7 Å². The molecular weight excluding hydrogens is 416 g/mol. The van der Waals surface area contributed by atoms with E-state index in [9.17, 15) is 20.0 Å². The number of hydrogen-bond acceptors (Lipinski definition) is 5. The molecule has 3 aromatic rings. The normalized spacial score (nSPS) is 11.6. The van der Waals surface area contributed by atoms with Crippen LogP contribution in [0.25, 0.3) is 0 Å². The van der Waals surface area contributed by atoms with Gasteiger partial charge in [-0.2, -0.15) is 5.26 Å². The van der Waals surface area contributed by atoms with Crippen molar-refractivity contribution < 1.29 is 14.6 Å². The summed E-state index contributed by atoms with van der Waals surface area (Å²) in [4.78, 5) is 26.0. The largest absolute Gasteiger partial charge is 0.494 e. The molecule has 0 saturated heterocycles. The Balaban J connectivity index is 2.03. The van der Waals surface area contributed by atoms with Gasteiger partial charge in [0.1, 0.15) is 17.4 Å². The van der Waals surface area contributed by atoms with Crippen LogP contribution in [0, 0.1) is 25.2 Å². The first-order valence-corrected chi connectivity index (χ1v) is 9.99. The lowest BCUT2D eigenvalue weighted by molar-refractivity contribution is 0.0812. The number of halogens is 1. The first-order chi connectivity index (χ1) is 14.7. The summed E-state index contributed by atoms with van der Waals surface area (Å²) in [5, 5.41) is 21.0. The molecule has 1 heterocycles. The molecule has 31 heavy (non-hydrogen) atoms. The fraction of sp³-hybridized carbons (Fsp3) is 0.208. The smallest absolute Gasteiger partial charge is 0.271 e. The summed E-state index contributed by atoms with van der Waals surface area (Å²) in [6, 6.07) is 15.9. The van der Waals surface area contributed by atoms with Gasteiger partial charge in [-0.3, -0.25) is 14.2 Å². The number of ether oxygens (including phenoxy) is 1. The number of pyridine rings is 1. The number of aromatic nitrogens is 1. The molecule has 0 bridgehead atoms. The van der Waals surface area contributed by atoms with Crippen molar-refractivity contribution >= 4 is 17.4 Å². The van der Waals surface area contributed by atoms with Crippen LogP contribution in [0.4, 0.5) is 0 Å². The molecule has 0 aliphatic carbocycles. The number of carbonyl (C=O) groups is 1. The third-order valence-corrected chi connectivity index (χ3v) is 5.47. The van der Waals surface area contributed by atoms with Gasteiger partial charge in [0.25, 0.3) is 5.56 Å². The van der Waals surface area contributed by atoms with Crippen molar-refractivity contribution in [1.29, 1.82) is 5.26 Å². The molecule has 1 unspecified atom stereocenters. The summed E-state index contributed by atoms with van der Waals surface area (Å²) >= 11 is 6.03. The van der Waals surface area contributed by atoms with Crippen molar-refractivity contribution in [3.05, 3.63) is 91.7 Å². The molecule has 6 nitrogen and oxygen atoms in total. The van der Waals surface area contributed by atoms with E-state index < -0.39 is 23.3 Å². The second-order valence-electron chi connectivity index (χ2n) is 7.22. The van der Waals surface area contributed by atoms with Gasteiger partial charge in [-0.25, -0.2) is 0 Å². The van der Waals surface area contributed by atoms with Crippen molar-refractivity contribution in [1.82, 2.24) is 4.57 Å². The van der Waals surface area contributed by atoms with Gasteiger partial charge in [-0.15, -0.1) is 0 Å². The Morgan fingerprint density at radius 3 is 2.52 bits per heavy atom. The first kappa shape index (κ1) is 22.1. The summed E-state index contributed by atoms with van der Waals surface area (Å²) in [6.45, 7) is 4.85. The van der Waals surface area contributed by atoms with E-state index in [0.29, 0.717) is 10.8 Å². The SMILES string of the molecule is Cc1cc(OC(C)C(=O)c2c(C)c(C#N)c(=O)n(Cc3ccccc3)c2O)ccc1Cl. The lowest BCUT2D eigenvalue weighted by atomic mass is 9.99. The number of hydrogen-bond donors (Lipinski definition) is 1. The quantitative estimate of drug-likeness (QED) is 0.578. The van der Waals surface area contributed by atoms with Crippen LogP contribution in [0.5, 0.6) is 11.6 Å². The van der Waals surface area contributed by atoms with E-state index >= 15 is 0 Å². The van der Waals surface area contributed by atoms with Gasteiger partial charge in [0.15, 0.2) is 6.10 Å². The Hall–Kier alpha value is -3.56. The average Bonchev–Trinajstić information content (AvgIpc) is 2.75. The standard InChI is InChI=1S/C24H21ClN2O4/c1-14-11-18(9-10-20(14)25)31-16(3)22(28)21-15(2)19(12-26)23(29)27(24(21)30)13-17-7-5-4-6-8-17/h4-11,16,30H,13H2,1-3H3. The van der Waals surface area contributed by atoms with E-state index in [1.54, 1.807) is 49.4 Å². The van der Waals surface area contributed by atoms with Crippen LogP contribution >= 0.6 is 11.6 Å². The van der Waals surface area contributed by atoms with Gasteiger partial charge >= 0.3 is 0 Å². The number of aromatic hydroxyl groups is 1. The van der Waals surface area contributed by atoms with Crippen LogP contribution in [0.1, 0.15) is 39.5 Å². The third kappa shape index (κ3) is 4.47. The molecule has 3 rings (SSSR count). The minimum Gasteiger partial charge on any atom is -0.494 e. The number of benzene rings is 2. The molecule has 7 heteroatoms. The predicted octanol–water partition coefficient (Wildman–Crippen LogP) is 4.39. The second kappa shape index (κ2) is 9.07. The van der Waals surface area contributed by atoms with E-state index in [-0.39, 0.29) is 23.2 Å². The van der Waals surface area contributed by atoms with E-state index in [1.165, 1.54) is 6.92 Å². The maximum atomic E-state index is 13.2. The molecule has 0 aliphatic rings. The van der Waals surface area contributed by atoms with Crippen molar-refractivity contribution in [3.63, 3.8) is 0 Å². The molecule has 0 fully saturated rings. The monoisotopic (exact) mass is 436 g/mol. The zero-order valence-corrected chi connectivity index (χ0v) is 18.1. The minimum atomic E-state index is -0.973.